The van der Waals surface area contributed by atoms with Crippen molar-refractivity contribution in [3.63, 3.8) is 0 Å². The smallest absolute Gasteiger partial charge is 0.0406 e. The second kappa shape index (κ2) is 7.20. The largest absolute Gasteiger partial charge is 0.327 e. The van der Waals surface area contributed by atoms with Crippen molar-refractivity contribution in [3.05, 3.63) is 64.1 Å². The van der Waals surface area contributed by atoms with Gasteiger partial charge in [-0.2, -0.15) is 0 Å². The molecule has 1 nitrogen and oxygen atoms in total. The maximum absolute atomic E-state index is 6.14. The lowest BCUT2D eigenvalue weighted by Gasteiger charge is -2.11. The molecule has 100 valence electrons. The summed E-state index contributed by atoms with van der Waals surface area (Å²) in [7, 11) is 0. The Hall–Kier alpha value is -0.670. The van der Waals surface area contributed by atoms with Crippen molar-refractivity contribution < 1.29 is 0 Å². The van der Waals surface area contributed by atoms with Crippen LogP contribution in [0.15, 0.2) is 53.4 Å². The molecule has 1 atom stereocenters. The standard InChI is InChI=1S/C15H15Cl2NS/c16-12-3-1-11(2-4-12)9-14(18)10-19-15-7-5-13(17)6-8-15/h1-8,14H,9-10,18H2. The van der Waals surface area contributed by atoms with Crippen LogP contribution in [0, 0.1) is 0 Å². The third-order valence-electron chi connectivity index (χ3n) is 2.69. The highest BCUT2D eigenvalue weighted by molar-refractivity contribution is 7.99. The molecule has 19 heavy (non-hydrogen) atoms. The fourth-order valence-corrected chi connectivity index (χ4v) is 2.82. The normalized spacial score (nSPS) is 12.4. The van der Waals surface area contributed by atoms with Gasteiger partial charge < -0.3 is 5.73 Å². The summed E-state index contributed by atoms with van der Waals surface area (Å²) in [5.41, 5.74) is 7.36. The second-order valence-corrected chi connectivity index (χ2v) is 6.32. The molecular formula is C15H15Cl2NS. The van der Waals surface area contributed by atoms with E-state index in [0.717, 1.165) is 22.2 Å². The van der Waals surface area contributed by atoms with Crippen LogP contribution < -0.4 is 5.73 Å². The van der Waals surface area contributed by atoms with Crippen LogP contribution in [0.3, 0.4) is 0 Å². The van der Waals surface area contributed by atoms with Gasteiger partial charge in [0.1, 0.15) is 0 Å². The summed E-state index contributed by atoms with van der Waals surface area (Å²) >= 11 is 13.5. The fraction of sp³-hybridized carbons (Fsp3) is 0.200. The van der Waals surface area contributed by atoms with E-state index in [1.807, 2.05) is 48.5 Å². The van der Waals surface area contributed by atoms with E-state index >= 15 is 0 Å². The summed E-state index contributed by atoms with van der Waals surface area (Å²) in [5, 5.41) is 1.52. The number of benzene rings is 2. The first-order chi connectivity index (χ1) is 9.13. The molecule has 0 bridgehead atoms. The maximum Gasteiger partial charge on any atom is 0.0406 e. The number of halogens is 2. The molecule has 0 fully saturated rings. The predicted molar refractivity (Wildman–Crippen MR) is 85.3 cm³/mol. The van der Waals surface area contributed by atoms with E-state index in [-0.39, 0.29) is 6.04 Å². The highest BCUT2D eigenvalue weighted by Crippen LogP contribution is 2.21. The summed E-state index contributed by atoms with van der Waals surface area (Å²) in [4.78, 5) is 1.19. The van der Waals surface area contributed by atoms with Crippen LogP contribution in [0.2, 0.25) is 10.0 Å². The number of hydrogen-bond acceptors (Lipinski definition) is 2. The molecular weight excluding hydrogens is 297 g/mol. The van der Waals surface area contributed by atoms with Crippen LogP contribution in [-0.2, 0) is 6.42 Å². The molecule has 0 amide bonds. The van der Waals surface area contributed by atoms with Crippen LogP contribution in [0.25, 0.3) is 0 Å². The van der Waals surface area contributed by atoms with Crippen molar-refractivity contribution in [1.29, 1.82) is 0 Å². The van der Waals surface area contributed by atoms with E-state index in [2.05, 4.69) is 0 Å². The third-order valence-corrected chi connectivity index (χ3v) is 4.39. The highest BCUT2D eigenvalue weighted by Gasteiger charge is 2.05. The molecule has 0 aliphatic heterocycles. The first-order valence-corrected chi connectivity index (χ1v) is 7.76. The lowest BCUT2D eigenvalue weighted by molar-refractivity contribution is 0.749. The lowest BCUT2D eigenvalue weighted by atomic mass is 10.1. The van der Waals surface area contributed by atoms with Crippen LogP contribution in [0.1, 0.15) is 5.56 Å². The van der Waals surface area contributed by atoms with Crippen molar-refractivity contribution in [3.8, 4) is 0 Å². The second-order valence-electron chi connectivity index (χ2n) is 4.36. The zero-order valence-electron chi connectivity index (χ0n) is 10.4. The molecule has 0 saturated heterocycles. The molecule has 0 aliphatic carbocycles. The van der Waals surface area contributed by atoms with E-state index in [1.54, 1.807) is 11.8 Å². The van der Waals surface area contributed by atoms with E-state index in [1.165, 1.54) is 10.5 Å². The Kier molecular flexibility index (Phi) is 5.59. The molecule has 0 aromatic heterocycles. The molecule has 2 N–H and O–H groups in total. The van der Waals surface area contributed by atoms with Crippen molar-refractivity contribution in [2.45, 2.75) is 17.4 Å². The van der Waals surface area contributed by atoms with E-state index in [9.17, 15) is 0 Å². The van der Waals surface area contributed by atoms with Gasteiger partial charge in [-0.25, -0.2) is 0 Å². The monoisotopic (exact) mass is 311 g/mol. The van der Waals surface area contributed by atoms with E-state index < -0.39 is 0 Å². The summed E-state index contributed by atoms with van der Waals surface area (Å²) in [6, 6.07) is 15.8. The Bertz CT molecular complexity index is 511. The maximum atomic E-state index is 6.14. The van der Waals surface area contributed by atoms with Gasteiger partial charge >= 0.3 is 0 Å². The summed E-state index contributed by atoms with van der Waals surface area (Å²) < 4.78 is 0. The molecule has 2 aromatic carbocycles. The highest BCUT2D eigenvalue weighted by atomic mass is 35.5. The SMILES string of the molecule is NC(CSc1ccc(Cl)cc1)Cc1ccc(Cl)cc1. The summed E-state index contributed by atoms with van der Waals surface area (Å²) in [5.74, 6) is 0.879. The van der Waals surface area contributed by atoms with Gasteiger partial charge in [0, 0.05) is 26.7 Å². The van der Waals surface area contributed by atoms with Gasteiger partial charge in [-0.15, -0.1) is 11.8 Å². The topological polar surface area (TPSA) is 26.0 Å². The van der Waals surface area contributed by atoms with Crippen molar-refractivity contribution in [2.75, 3.05) is 5.75 Å². The van der Waals surface area contributed by atoms with Gasteiger partial charge in [0.05, 0.1) is 0 Å². The third kappa shape index (κ3) is 5.07. The number of rotatable bonds is 5. The van der Waals surface area contributed by atoms with Crippen LogP contribution in [0.5, 0.6) is 0 Å². The molecule has 2 rings (SSSR count). The Morgan fingerprint density at radius 3 is 2.00 bits per heavy atom. The number of nitrogens with two attached hydrogens (primary N) is 1. The van der Waals surface area contributed by atoms with Crippen molar-refractivity contribution in [1.82, 2.24) is 0 Å². The molecule has 0 radical (unpaired) electrons. The van der Waals surface area contributed by atoms with Gasteiger partial charge in [0.2, 0.25) is 0 Å². The quantitative estimate of drug-likeness (QED) is 0.813. The number of hydrogen-bond donors (Lipinski definition) is 1. The summed E-state index contributed by atoms with van der Waals surface area (Å²) in [6.45, 7) is 0. The van der Waals surface area contributed by atoms with Gasteiger partial charge in [-0.3, -0.25) is 0 Å². The minimum Gasteiger partial charge on any atom is -0.327 e. The lowest BCUT2D eigenvalue weighted by Crippen LogP contribution is -2.25. The molecule has 4 heteroatoms. The summed E-state index contributed by atoms with van der Waals surface area (Å²) in [6.07, 6.45) is 0.859. The molecule has 0 saturated carbocycles. The number of thioether (sulfide) groups is 1. The first kappa shape index (κ1) is 14.7. The van der Waals surface area contributed by atoms with Crippen LogP contribution >= 0.6 is 35.0 Å². The molecule has 0 spiro atoms. The minimum absolute atomic E-state index is 0.127. The van der Waals surface area contributed by atoms with Crippen LogP contribution in [0.4, 0.5) is 0 Å². The molecule has 1 unspecified atom stereocenters. The van der Waals surface area contributed by atoms with Gasteiger partial charge in [-0.1, -0.05) is 35.3 Å². The zero-order valence-corrected chi connectivity index (χ0v) is 12.7. The van der Waals surface area contributed by atoms with Crippen LogP contribution in [-0.4, -0.2) is 11.8 Å². The van der Waals surface area contributed by atoms with E-state index in [4.69, 9.17) is 28.9 Å². The van der Waals surface area contributed by atoms with Gasteiger partial charge in [-0.05, 0) is 48.4 Å². The van der Waals surface area contributed by atoms with E-state index in [0.29, 0.717) is 0 Å². The first-order valence-electron chi connectivity index (χ1n) is 6.02. The fourth-order valence-electron chi connectivity index (χ4n) is 1.72. The Balaban J connectivity index is 1.82. The van der Waals surface area contributed by atoms with Crippen molar-refractivity contribution in [2.24, 2.45) is 5.73 Å². The average molecular weight is 312 g/mol. The van der Waals surface area contributed by atoms with Gasteiger partial charge in [0.15, 0.2) is 0 Å². The molecule has 0 heterocycles. The zero-order chi connectivity index (χ0) is 13.7. The Labute approximate surface area is 128 Å². The van der Waals surface area contributed by atoms with Crippen molar-refractivity contribution >= 4 is 35.0 Å². The molecule has 0 aliphatic rings. The average Bonchev–Trinajstić information content (AvgIpc) is 2.41. The van der Waals surface area contributed by atoms with Gasteiger partial charge in [0.25, 0.3) is 0 Å². The predicted octanol–water partition coefficient (Wildman–Crippen LogP) is 4.66. The minimum atomic E-state index is 0.127. The Morgan fingerprint density at radius 2 is 1.42 bits per heavy atom. The Morgan fingerprint density at radius 1 is 0.895 bits per heavy atom. The molecule has 2 aromatic rings.